The van der Waals surface area contributed by atoms with Crippen molar-refractivity contribution in [3.8, 4) is 0 Å². The van der Waals surface area contributed by atoms with Crippen LogP contribution >= 0.6 is 12.4 Å². The molecule has 3 N–H and O–H groups in total. The van der Waals surface area contributed by atoms with Crippen LogP contribution in [0.5, 0.6) is 0 Å². The van der Waals surface area contributed by atoms with Crippen molar-refractivity contribution in [2.45, 2.75) is 59.2 Å². The van der Waals surface area contributed by atoms with Gasteiger partial charge >= 0.3 is 0 Å². The summed E-state index contributed by atoms with van der Waals surface area (Å²) in [5, 5.41) is 2.57. The molecule has 20 heavy (non-hydrogen) atoms. The van der Waals surface area contributed by atoms with E-state index in [1.54, 1.807) is 13.8 Å². The predicted octanol–water partition coefficient (Wildman–Crippen LogP) is 0.434. The molecule has 1 heterocycles. The van der Waals surface area contributed by atoms with Gasteiger partial charge < -0.3 is 11.1 Å². The molecular weight excluding hydrogens is 282 g/mol. The van der Waals surface area contributed by atoms with Crippen LogP contribution in [0.4, 0.5) is 0 Å². The molecule has 3 amide bonds. The van der Waals surface area contributed by atoms with Crippen LogP contribution in [0, 0.1) is 5.41 Å². The number of nitrogens with one attached hydrogen (secondary N) is 1. The van der Waals surface area contributed by atoms with Gasteiger partial charge in [0.2, 0.25) is 11.8 Å². The highest BCUT2D eigenvalue weighted by Crippen LogP contribution is 2.19. The van der Waals surface area contributed by atoms with Gasteiger partial charge in [0.15, 0.2) is 0 Å². The molecule has 0 aromatic carbocycles. The van der Waals surface area contributed by atoms with E-state index in [0.717, 1.165) is 0 Å². The average molecular weight is 306 g/mol. The monoisotopic (exact) mass is 305 g/mol. The van der Waals surface area contributed by atoms with E-state index < -0.39 is 23.4 Å². The van der Waals surface area contributed by atoms with Gasteiger partial charge in [-0.1, -0.05) is 20.8 Å². The number of rotatable bonds is 3. The van der Waals surface area contributed by atoms with Crippen LogP contribution in [0.3, 0.4) is 0 Å². The summed E-state index contributed by atoms with van der Waals surface area (Å²) in [4.78, 5) is 36.9. The number of amides is 3. The molecule has 0 radical (unpaired) electrons. The van der Waals surface area contributed by atoms with E-state index in [1.807, 2.05) is 20.8 Å². The smallest absolute Gasteiger partial charge is 0.252 e. The Kier molecular flexibility index (Phi) is 6.17. The van der Waals surface area contributed by atoms with Gasteiger partial charge in [-0.3, -0.25) is 19.3 Å². The number of hydrogen-bond donors (Lipinski definition) is 2. The molecule has 1 aliphatic heterocycles. The molecule has 7 heteroatoms. The SMILES string of the molecule is CC(C)N1C(=O)CC(NC(=O)[C@@H](N)C(C)(C)C)C1=O.Cl. The standard InChI is InChI=1S/C13H23N3O3.ClH/c1-7(2)16-9(17)6-8(12(16)19)15-11(18)10(14)13(3,4)5;/h7-8,10H,6,14H2,1-5H3,(H,15,18);1H/t8?,10-;/m1./s1. The first-order chi connectivity index (χ1) is 8.55. The van der Waals surface area contributed by atoms with Gasteiger partial charge in [0.25, 0.3) is 5.91 Å². The summed E-state index contributed by atoms with van der Waals surface area (Å²) in [7, 11) is 0. The van der Waals surface area contributed by atoms with E-state index in [1.165, 1.54) is 4.90 Å². The van der Waals surface area contributed by atoms with Crippen LogP contribution in [0.25, 0.3) is 0 Å². The first-order valence-electron chi connectivity index (χ1n) is 6.47. The van der Waals surface area contributed by atoms with Gasteiger partial charge in [-0.05, 0) is 19.3 Å². The molecule has 1 unspecified atom stereocenters. The molecule has 0 spiro atoms. The lowest BCUT2D eigenvalue weighted by Crippen LogP contribution is -2.53. The Labute approximate surface area is 125 Å². The van der Waals surface area contributed by atoms with Crippen molar-refractivity contribution in [2.75, 3.05) is 0 Å². The van der Waals surface area contributed by atoms with E-state index in [4.69, 9.17) is 5.73 Å². The second-order valence-corrected chi connectivity index (χ2v) is 6.30. The van der Waals surface area contributed by atoms with Crippen molar-refractivity contribution in [3.05, 3.63) is 0 Å². The second-order valence-electron chi connectivity index (χ2n) is 6.30. The van der Waals surface area contributed by atoms with Crippen molar-refractivity contribution < 1.29 is 14.4 Å². The largest absolute Gasteiger partial charge is 0.342 e. The lowest BCUT2D eigenvalue weighted by Gasteiger charge is -2.27. The zero-order valence-corrected chi connectivity index (χ0v) is 13.4. The first kappa shape index (κ1) is 18.9. The lowest BCUT2D eigenvalue weighted by atomic mass is 9.87. The van der Waals surface area contributed by atoms with Crippen LogP contribution in [0.1, 0.15) is 41.0 Å². The third kappa shape index (κ3) is 3.93. The van der Waals surface area contributed by atoms with Gasteiger partial charge in [0.1, 0.15) is 6.04 Å². The minimum atomic E-state index is -0.782. The zero-order chi connectivity index (χ0) is 15.0. The Morgan fingerprint density at radius 3 is 2.20 bits per heavy atom. The summed E-state index contributed by atoms with van der Waals surface area (Å²) in [5.74, 6) is -1.01. The molecular formula is C13H24ClN3O3. The van der Waals surface area contributed by atoms with E-state index in [0.29, 0.717) is 0 Å². The molecule has 1 aliphatic rings. The predicted molar refractivity (Wildman–Crippen MR) is 78.2 cm³/mol. The van der Waals surface area contributed by atoms with Crippen LogP contribution in [-0.2, 0) is 14.4 Å². The molecule has 1 rings (SSSR count). The number of imide groups is 1. The Morgan fingerprint density at radius 2 is 1.85 bits per heavy atom. The molecule has 0 aromatic rings. The molecule has 1 saturated heterocycles. The number of carbonyl (C=O) groups excluding carboxylic acids is 3. The maximum Gasteiger partial charge on any atom is 0.252 e. The number of nitrogens with zero attached hydrogens (tertiary/aromatic N) is 1. The van der Waals surface area contributed by atoms with Crippen molar-refractivity contribution in [2.24, 2.45) is 11.1 Å². The number of likely N-dealkylation sites (tertiary alicyclic amines) is 1. The quantitative estimate of drug-likeness (QED) is 0.740. The minimum absolute atomic E-state index is 0. The fraction of sp³-hybridized carbons (Fsp3) is 0.769. The molecule has 116 valence electrons. The number of carbonyl (C=O) groups is 3. The van der Waals surface area contributed by atoms with Crippen molar-refractivity contribution in [3.63, 3.8) is 0 Å². The summed E-state index contributed by atoms with van der Waals surface area (Å²) in [6, 6.07) is -1.70. The highest BCUT2D eigenvalue weighted by Gasteiger charge is 2.41. The van der Waals surface area contributed by atoms with Crippen molar-refractivity contribution in [1.82, 2.24) is 10.2 Å². The number of halogens is 1. The normalized spacial score (nSPS) is 20.9. The molecule has 1 fully saturated rings. The first-order valence-corrected chi connectivity index (χ1v) is 6.47. The molecule has 6 nitrogen and oxygen atoms in total. The summed E-state index contributed by atoms with van der Waals surface area (Å²) in [6.07, 6.45) is 0.0135. The third-order valence-electron chi connectivity index (χ3n) is 3.23. The van der Waals surface area contributed by atoms with Gasteiger partial charge in [-0.15, -0.1) is 12.4 Å². The molecule has 0 aliphatic carbocycles. The fourth-order valence-corrected chi connectivity index (χ4v) is 1.96. The maximum atomic E-state index is 12.0. The van der Waals surface area contributed by atoms with Crippen molar-refractivity contribution >= 4 is 30.1 Å². The van der Waals surface area contributed by atoms with Gasteiger partial charge in [0.05, 0.1) is 12.5 Å². The number of hydrogen-bond acceptors (Lipinski definition) is 4. The van der Waals surface area contributed by atoms with E-state index in [2.05, 4.69) is 5.32 Å². The van der Waals surface area contributed by atoms with Crippen molar-refractivity contribution in [1.29, 1.82) is 0 Å². The van der Waals surface area contributed by atoms with E-state index in [-0.39, 0.29) is 36.7 Å². The zero-order valence-electron chi connectivity index (χ0n) is 12.6. The summed E-state index contributed by atoms with van der Waals surface area (Å²) < 4.78 is 0. The van der Waals surface area contributed by atoms with E-state index in [9.17, 15) is 14.4 Å². The molecule has 2 atom stereocenters. The summed E-state index contributed by atoms with van der Waals surface area (Å²) in [5.41, 5.74) is 5.43. The summed E-state index contributed by atoms with van der Waals surface area (Å²) in [6.45, 7) is 9.07. The Bertz CT molecular complexity index is 404. The summed E-state index contributed by atoms with van der Waals surface area (Å²) >= 11 is 0. The van der Waals surface area contributed by atoms with Crippen LogP contribution in [0.15, 0.2) is 0 Å². The highest BCUT2D eigenvalue weighted by atomic mass is 35.5. The van der Waals surface area contributed by atoms with Gasteiger partial charge in [-0.25, -0.2) is 0 Å². The Morgan fingerprint density at radius 1 is 1.35 bits per heavy atom. The Hall–Kier alpha value is -1.14. The average Bonchev–Trinajstić information content (AvgIpc) is 2.51. The van der Waals surface area contributed by atoms with Crippen LogP contribution in [0.2, 0.25) is 0 Å². The number of nitrogens with two attached hydrogens (primary N) is 1. The van der Waals surface area contributed by atoms with E-state index >= 15 is 0 Å². The highest BCUT2D eigenvalue weighted by molar-refractivity contribution is 6.07. The topological polar surface area (TPSA) is 92.5 Å². The maximum absolute atomic E-state index is 12.0. The molecule has 0 bridgehead atoms. The van der Waals surface area contributed by atoms with Crippen LogP contribution < -0.4 is 11.1 Å². The van der Waals surface area contributed by atoms with Crippen LogP contribution in [-0.4, -0.2) is 40.7 Å². The third-order valence-corrected chi connectivity index (χ3v) is 3.23. The molecule has 0 aromatic heterocycles. The minimum Gasteiger partial charge on any atom is -0.342 e. The molecule has 0 saturated carbocycles. The fourth-order valence-electron chi connectivity index (χ4n) is 1.96. The lowest BCUT2D eigenvalue weighted by molar-refractivity contribution is -0.141. The van der Waals surface area contributed by atoms with Gasteiger partial charge in [0, 0.05) is 6.04 Å². The second kappa shape index (κ2) is 6.54. The van der Waals surface area contributed by atoms with Gasteiger partial charge in [-0.2, -0.15) is 0 Å². The Balaban J connectivity index is 0.00000361.